The quantitative estimate of drug-likeness (QED) is 0.712. The zero-order valence-electron chi connectivity index (χ0n) is 15.4. The highest BCUT2D eigenvalue weighted by Gasteiger charge is 2.50. The van der Waals surface area contributed by atoms with Gasteiger partial charge in [0.2, 0.25) is 11.8 Å². The Bertz CT molecular complexity index is 929. The molecule has 8 heteroatoms. The minimum Gasteiger partial charge on any atom is -0.324 e. The van der Waals surface area contributed by atoms with Gasteiger partial charge in [-0.15, -0.1) is 0 Å². The Morgan fingerprint density at radius 1 is 1.14 bits per heavy atom. The first-order valence-corrected chi connectivity index (χ1v) is 9.72. The maximum atomic E-state index is 13.1. The summed E-state index contributed by atoms with van der Waals surface area (Å²) in [5.41, 5.74) is 7.80. The molecule has 4 aliphatic rings. The highest BCUT2D eigenvalue weighted by Crippen LogP contribution is 2.43. The predicted molar refractivity (Wildman–Crippen MR) is 98.0 cm³/mol. The zero-order chi connectivity index (χ0) is 19.6. The van der Waals surface area contributed by atoms with Gasteiger partial charge in [0, 0.05) is 31.6 Å². The summed E-state index contributed by atoms with van der Waals surface area (Å²) in [5.74, 6) is -1.38. The van der Waals surface area contributed by atoms with Crippen molar-refractivity contribution in [3.05, 3.63) is 34.9 Å². The number of imide groups is 2. The van der Waals surface area contributed by atoms with Gasteiger partial charge < -0.3 is 5.73 Å². The topological polar surface area (TPSA) is 113 Å². The molecule has 5 rings (SSSR count). The number of nitrogens with zero attached hydrogens (tertiary/aromatic N) is 2. The molecule has 1 unspecified atom stereocenters. The van der Waals surface area contributed by atoms with E-state index in [0.29, 0.717) is 23.6 Å². The molecular weight excluding hydrogens is 360 g/mol. The van der Waals surface area contributed by atoms with Gasteiger partial charge in [-0.3, -0.25) is 34.3 Å². The summed E-state index contributed by atoms with van der Waals surface area (Å²) in [6.45, 7) is 2.25. The Labute approximate surface area is 162 Å². The third-order valence-electron chi connectivity index (χ3n) is 6.72. The normalized spacial score (nSPS) is 32.2. The van der Waals surface area contributed by atoms with Crippen LogP contribution in [-0.2, 0) is 16.1 Å². The van der Waals surface area contributed by atoms with Crippen molar-refractivity contribution in [3.8, 4) is 0 Å². The van der Waals surface area contributed by atoms with Gasteiger partial charge in [-0.2, -0.15) is 0 Å². The van der Waals surface area contributed by atoms with E-state index in [1.54, 1.807) is 12.1 Å². The SMILES string of the molecule is N[C@]12CC[C@H]1CN(Cc1cccc3c1C(=O)N(C1CCC(=O)NC1=O)C3=O)C2. The number of amides is 4. The first-order valence-electron chi connectivity index (χ1n) is 9.72. The van der Waals surface area contributed by atoms with Crippen LogP contribution in [0.5, 0.6) is 0 Å². The number of rotatable bonds is 3. The van der Waals surface area contributed by atoms with Crippen molar-refractivity contribution in [2.24, 2.45) is 11.7 Å². The molecule has 1 aromatic rings. The lowest BCUT2D eigenvalue weighted by molar-refractivity contribution is -0.136. The third-order valence-corrected chi connectivity index (χ3v) is 6.72. The summed E-state index contributed by atoms with van der Waals surface area (Å²) in [6, 6.07) is 4.33. The maximum absolute atomic E-state index is 13.1. The maximum Gasteiger partial charge on any atom is 0.262 e. The molecule has 3 aliphatic heterocycles. The molecule has 1 aromatic carbocycles. The number of nitrogens with two attached hydrogens (primary N) is 1. The van der Waals surface area contributed by atoms with Crippen molar-refractivity contribution in [1.29, 1.82) is 0 Å². The second-order valence-electron chi connectivity index (χ2n) is 8.43. The smallest absolute Gasteiger partial charge is 0.262 e. The predicted octanol–water partition coefficient (Wildman–Crippen LogP) is 0.0109. The van der Waals surface area contributed by atoms with Crippen LogP contribution in [0.25, 0.3) is 0 Å². The number of hydrogen-bond acceptors (Lipinski definition) is 6. The first-order chi connectivity index (χ1) is 13.4. The van der Waals surface area contributed by atoms with Crippen LogP contribution in [-0.4, -0.2) is 58.1 Å². The summed E-state index contributed by atoms with van der Waals surface area (Å²) < 4.78 is 0. The number of hydrogen-bond donors (Lipinski definition) is 2. The van der Waals surface area contributed by atoms with E-state index in [1.807, 2.05) is 6.07 Å². The summed E-state index contributed by atoms with van der Waals surface area (Å²) >= 11 is 0. The molecule has 146 valence electrons. The summed E-state index contributed by atoms with van der Waals surface area (Å²) in [4.78, 5) is 52.9. The lowest BCUT2D eigenvalue weighted by Crippen LogP contribution is -2.54. The van der Waals surface area contributed by atoms with Gasteiger partial charge in [0.15, 0.2) is 0 Å². The van der Waals surface area contributed by atoms with Crippen molar-refractivity contribution in [3.63, 3.8) is 0 Å². The molecule has 0 bridgehead atoms. The van der Waals surface area contributed by atoms with E-state index in [9.17, 15) is 19.2 Å². The van der Waals surface area contributed by atoms with Gasteiger partial charge >= 0.3 is 0 Å². The van der Waals surface area contributed by atoms with Gasteiger partial charge in [-0.1, -0.05) is 12.1 Å². The average molecular weight is 382 g/mol. The molecule has 1 aliphatic carbocycles. The van der Waals surface area contributed by atoms with Crippen LogP contribution in [0, 0.1) is 5.92 Å². The minimum atomic E-state index is -0.937. The van der Waals surface area contributed by atoms with Gasteiger partial charge in [0.05, 0.1) is 11.1 Å². The zero-order valence-corrected chi connectivity index (χ0v) is 15.4. The molecule has 3 atom stereocenters. The van der Waals surface area contributed by atoms with Crippen molar-refractivity contribution in [1.82, 2.24) is 15.1 Å². The highest BCUT2D eigenvalue weighted by molar-refractivity contribution is 6.24. The molecule has 2 saturated heterocycles. The van der Waals surface area contributed by atoms with E-state index < -0.39 is 23.8 Å². The molecule has 0 radical (unpaired) electrons. The minimum absolute atomic E-state index is 0.115. The van der Waals surface area contributed by atoms with E-state index in [1.165, 1.54) is 0 Å². The van der Waals surface area contributed by atoms with E-state index in [0.717, 1.165) is 36.4 Å². The molecule has 0 aromatic heterocycles. The molecule has 4 amide bonds. The van der Waals surface area contributed by atoms with Crippen molar-refractivity contribution in [2.45, 2.75) is 43.8 Å². The Morgan fingerprint density at radius 2 is 1.96 bits per heavy atom. The number of benzene rings is 1. The van der Waals surface area contributed by atoms with Crippen LogP contribution < -0.4 is 11.1 Å². The van der Waals surface area contributed by atoms with E-state index in [-0.39, 0.29) is 24.3 Å². The molecule has 28 heavy (non-hydrogen) atoms. The summed E-state index contributed by atoms with van der Waals surface area (Å²) in [7, 11) is 0. The lowest BCUT2D eigenvalue weighted by Gasteiger charge is -2.40. The van der Waals surface area contributed by atoms with E-state index in [2.05, 4.69) is 10.2 Å². The van der Waals surface area contributed by atoms with E-state index >= 15 is 0 Å². The first kappa shape index (κ1) is 17.5. The number of likely N-dealkylation sites (tertiary alicyclic amines) is 1. The second kappa shape index (κ2) is 5.96. The number of piperidine rings is 1. The van der Waals surface area contributed by atoms with Crippen molar-refractivity contribution in [2.75, 3.05) is 13.1 Å². The number of carbonyl (C=O) groups is 4. The van der Waals surface area contributed by atoms with Gasteiger partial charge in [0.1, 0.15) is 6.04 Å². The molecule has 3 heterocycles. The third kappa shape index (κ3) is 2.44. The van der Waals surface area contributed by atoms with Crippen LogP contribution in [0.1, 0.15) is 52.0 Å². The fourth-order valence-corrected chi connectivity index (χ4v) is 5.07. The molecule has 8 nitrogen and oxygen atoms in total. The Hall–Kier alpha value is -2.58. The van der Waals surface area contributed by atoms with Crippen molar-refractivity contribution < 1.29 is 19.2 Å². The Kier molecular flexibility index (Phi) is 3.73. The van der Waals surface area contributed by atoms with Crippen LogP contribution in [0.15, 0.2) is 18.2 Å². The highest BCUT2D eigenvalue weighted by atomic mass is 16.2. The van der Waals surface area contributed by atoms with E-state index in [4.69, 9.17) is 5.73 Å². The molecule has 1 saturated carbocycles. The molecule has 3 fully saturated rings. The van der Waals surface area contributed by atoms with Crippen LogP contribution in [0.3, 0.4) is 0 Å². The molecule has 0 spiro atoms. The molecular formula is C20H22N4O4. The summed E-state index contributed by atoms with van der Waals surface area (Å²) in [6.07, 6.45) is 2.45. The van der Waals surface area contributed by atoms with Crippen LogP contribution in [0.2, 0.25) is 0 Å². The largest absolute Gasteiger partial charge is 0.324 e. The lowest BCUT2D eigenvalue weighted by atomic mass is 9.70. The number of nitrogens with one attached hydrogen (secondary N) is 1. The number of carbonyl (C=O) groups excluding carboxylic acids is 4. The van der Waals surface area contributed by atoms with Crippen LogP contribution in [0.4, 0.5) is 0 Å². The monoisotopic (exact) mass is 382 g/mol. The standard InChI is InChI=1S/C20H22N4O4/c21-20-7-6-12(20)9-23(10-20)8-11-2-1-3-13-16(11)19(28)24(18(13)27)14-4-5-15(25)22-17(14)26/h1-3,12,14H,4-10,21H2,(H,22,25,26)/t12-,14?,20-/m0/s1. The van der Waals surface area contributed by atoms with Gasteiger partial charge in [-0.05, 0) is 36.8 Å². The number of fused-ring (bicyclic) bond motifs is 2. The van der Waals surface area contributed by atoms with Gasteiger partial charge in [0.25, 0.3) is 11.8 Å². The molecule has 3 N–H and O–H groups in total. The average Bonchev–Trinajstić information content (AvgIpc) is 3.02. The fourth-order valence-electron chi connectivity index (χ4n) is 5.07. The van der Waals surface area contributed by atoms with Gasteiger partial charge in [-0.25, -0.2) is 0 Å². The Balaban J connectivity index is 1.42. The van der Waals surface area contributed by atoms with Crippen LogP contribution >= 0.6 is 0 Å². The Morgan fingerprint density at radius 3 is 2.61 bits per heavy atom. The summed E-state index contributed by atoms with van der Waals surface area (Å²) in [5, 5.41) is 2.22. The fraction of sp³-hybridized carbons (Fsp3) is 0.500. The second-order valence-corrected chi connectivity index (χ2v) is 8.43. The van der Waals surface area contributed by atoms with Crippen molar-refractivity contribution >= 4 is 23.6 Å².